The molecule has 134 valence electrons. The Morgan fingerprint density at radius 1 is 1.28 bits per heavy atom. The van der Waals surface area contributed by atoms with Crippen LogP contribution in [-0.2, 0) is 6.54 Å². The van der Waals surface area contributed by atoms with Gasteiger partial charge in [0.1, 0.15) is 11.4 Å². The molecule has 0 aliphatic carbocycles. The summed E-state index contributed by atoms with van der Waals surface area (Å²) in [5, 5.41) is 0. The molecule has 0 aliphatic heterocycles. The van der Waals surface area contributed by atoms with Gasteiger partial charge in [0.25, 0.3) is 5.56 Å². The number of nitrogens with one attached hydrogen (secondary N) is 1. The predicted octanol–water partition coefficient (Wildman–Crippen LogP) is 1.32. The quantitative estimate of drug-likeness (QED) is 0.770. The van der Waals surface area contributed by atoms with Crippen molar-refractivity contribution >= 4 is 11.6 Å². The SMILES string of the molecule is CCn1c(N)c(C(=O)CN(C)[C@H](C)c2ccc(C)cc2)c(=O)[nH]c1=O. The molecule has 0 fully saturated rings. The number of ketones is 1. The van der Waals surface area contributed by atoms with E-state index in [0.29, 0.717) is 0 Å². The maximum absolute atomic E-state index is 12.6. The molecule has 0 spiro atoms. The molecule has 1 aromatic carbocycles. The Hall–Kier alpha value is -2.67. The summed E-state index contributed by atoms with van der Waals surface area (Å²) in [7, 11) is 1.81. The topological polar surface area (TPSA) is 101 Å². The molecule has 0 radical (unpaired) electrons. The van der Waals surface area contributed by atoms with Crippen LogP contribution in [0.2, 0.25) is 0 Å². The molecule has 1 heterocycles. The maximum atomic E-state index is 12.6. The van der Waals surface area contributed by atoms with Gasteiger partial charge in [0.2, 0.25) is 0 Å². The van der Waals surface area contributed by atoms with Crippen molar-refractivity contribution in [2.75, 3.05) is 19.3 Å². The normalized spacial score (nSPS) is 12.4. The second-order valence-corrected chi connectivity index (χ2v) is 6.19. The minimum atomic E-state index is -0.742. The summed E-state index contributed by atoms with van der Waals surface area (Å²) < 4.78 is 1.18. The fourth-order valence-corrected chi connectivity index (χ4v) is 2.71. The molecule has 0 saturated carbocycles. The van der Waals surface area contributed by atoms with Crippen LogP contribution in [0.25, 0.3) is 0 Å². The van der Waals surface area contributed by atoms with E-state index in [4.69, 9.17) is 5.73 Å². The van der Waals surface area contributed by atoms with Crippen molar-refractivity contribution in [2.24, 2.45) is 0 Å². The Labute approximate surface area is 146 Å². The number of rotatable bonds is 6. The molecule has 0 amide bonds. The van der Waals surface area contributed by atoms with E-state index in [1.807, 2.05) is 50.1 Å². The van der Waals surface area contributed by atoms with E-state index in [-0.39, 0.29) is 30.5 Å². The molecular weight excluding hydrogens is 320 g/mol. The third kappa shape index (κ3) is 3.88. The average Bonchev–Trinajstić information content (AvgIpc) is 2.54. The largest absolute Gasteiger partial charge is 0.384 e. The van der Waals surface area contributed by atoms with Gasteiger partial charge in [0.05, 0.1) is 6.54 Å². The summed E-state index contributed by atoms with van der Waals surface area (Å²) in [6.45, 7) is 6.01. The minimum absolute atomic E-state index is 0.0121. The van der Waals surface area contributed by atoms with Crippen LogP contribution in [0.3, 0.4) is 0 Å². The van der Waals surface area contributed by atoms with E-state index < -0.39 is 17.0 Å². The van der Waals surface area contributed by atoms with E-state index >= 15 is 0 Å². The van der Waals surface area contributed by atoms with Crippen molar-refractivity contribution in [3.63, 3.8) is 0 Å². The van der Waals surface area contributed by atoms with Gasteiger partial charge in [-0.1, -0.05) is 29.8 Å². The number of hydrogen-bond donors (Lipinski definition) is 2. The number of aromatic nitrogens is 2. The van der Waals surface area contributed by atoms with Gasteiger partial charge >= 0.3 is 5.69 Å². The summed E-state index contributed by atoms with van der Waals surface area (Å²) in [4.78, 5) is 40.4. The number of H-pyrrole nitrogens is 1. The Balaban J connectivity index is 2.26. The molecule has 0 unspecified atom stereocenters. The molecule has 7 nitrogen and oxygen atoms in total. The van der Waals surface area contributed by atoms with E-state index in [1.165, 1.54) is 4.57 Å². The molecule has 0 bridgehead atoms. The van der Waals surface area contributed by atoms with Crippen LogP contribution < -0.4 is 17.0 Å². The fourth-order valence-electron chi connectivity index (χ4n) is 2.71. The lowest BCUT2D eigenvalue weighted by molar-refractivity contribution is 0.0923. The van der Waals surface area contributed by atoms with Crippen LogP contribution in [0, 0.1) is 6.92 Å². The second-order valence-electron chi connectivity index (χ2n) is 6.19. The number of Topliss-reactive ketones (excluding diaryl/α,β-unsaturated/α-hetero) is 1. The highest BCUT2D eigenvalue weighted by Gasteiger charge is 2.22. The fraction of sp³-hybridized carbons (Fsp3) is 0.389. The zero-order chi connectivity index (χ0) is 18.7. The van der Waals surface area contributed by atoms with Crippen LogP contribution in [-0.4, -0.2) is 33.8 Å². The van der Waals surface area contributed by atoms with Crippen LogP contribution in [0.1, 0.15) is 41.4 Å². The number of aromatic amines is 1. The summed E-state index contributed by atoms with van der Waals surface area (Å²) in [6.07, 6.45) is 0. The first-order valence-electron chi connectivity index (χ1n) is 8.18. The van der Waals surface area contributed by atoms with Gasteiger partial charge in [0.15, 0.2) is 5.78 Å². The van der Waals surface area contributed by atoms with E-state index in [2.05, 4.69) is 4.98 Å². The lowest BCUT2D eigenvalue weighted by Crippen LogP contribution is -2.38. The monoisotopic (exact) mass is 344 g/mol. The van der Waals surface area contributed by atoms with Gasteiger partial charge in [-0.05, 0) is 33.4 Å². The highest BCUT2D eigenvalue weighted by Crippen LogP contribution is 2.19. The standard InChI is InChI=1S/C18H24N4O3/c1-5-22-16(19)15(17(24)20-18(22)25)14(23)10-21(4)12(3)13-8-6-11(2)7-9-13/h6-9,12H,5,10,19H2,1-4H3,(H,20,24,25)/t12-/m1/s1. The zero-order valence-corrected chi connectivity index (χ0v) is 15.0. The zero-order valence-electron chi connectivity index (χ0n) is 15.0. The van der Waals surface area contributed by atoms with Crippen molar-refractivity contribution < 1.29 is 4.79 Å². The molecular formula is C18H24N4O3. The summed E-state index contributed by atoms with van der Waals surface area (Å²) >= 11 is 0. The molecule has 2 rings (SSSR count). The highest BCUT2D eigenvalue weighted by atomic mass is 16.2. The Morgan fingerprint density at radius 2 is 1.88 bits per heavy atom. The molecule has 1 aromatic heterocycles. The first-order valence-corrected chi connectivity index (χ1v) is 8.18. The Bertz CT molecular complexity index is 881. The molecule has 0 saturated heterocycles. The summed E-state index contributed by atoms with van der Waals surface area (Å²) in [5.74, 6) is -0.500. The molecule has 1 atom stereocenters. The number of likely N-dealkylation sites (N-methyl/N-ethyl adjacent to an activating group) is 1. The minimum Gasteiger partial charge on any atom is -0.384 e. The van der Waals surface area contributed by atoms with Crippen LogP contribution in [0.15, 0.2) is 33.9 Å². The number of benzene rings is 1. The third-order valence-corrected chi connectivity index (χ3v) is 4.45. The van der Waals surface area contributed by atoms with E-state index in [0.717, 1.165) is 11.1 Å². The van der Waals surface area contributed by atoms with Crippen molar-refractivity contribution in [1.82, 2.24) is 14.5 Å². The molecule has 7 heteroatoms. The number of nitrogen functional groups attached to an aromatic ring is 1. The van der Waals surface area contributed by atoms with E-state index in [9.17, 15) is 14.4 Å². The first-order chi connectivity index (χ1) is 11.8. The molecule has 0 aliphatic rings. The van der Waals surface area contributed by atoms with Gasteiger partial charge in [-0.2, -0.15) is 0 Å². The third-order valence-electron chi connectivity index (χ3n) is 4.45. The predicted molar refractivity (Wildman–Crippen MR) is 98.0 cm³/mol. The highest BCUT2D eigenvalue weighted by molar-refractivity contribution is 6.01. The van der Waals surface area contributed by atoms with Crippen molar-refractivity contribution in [2.45, 2.75) is 33.4 Å². The maximum Gasteiger partial charge on any atom is 0.329 e. The Morgan fingerprint density at radius 3 is 2.44 bits per heavy atom. The van der Waals surface area contributed by atoms with Crippen LogP contribution in [0.5, 0.6) is 0 Å². The van der Waals surface area contributed by atoms with Crippen molar-refractivity contribution in [3.8, 4) is 0 Å². The molecule has 3 N–H and O–H groups in total. The van der Waals surface area contributed by atoms with Crippen molar-refractivity contribution in [3.05, 3.63) is 61.8 Å². The Kier molecular flexibility index (Phi) is 5.58. The number of carbonyl (C=O) groups is 1. The van der Waals surface area contributed by atoms with Crippen LogP contribution in [0.4, 0.5) is 5.82 Å². The van der Waals surface area contributed by atoms with Gasteiger partial charge < -0.3 is 5.73 Å². The second kappa shape index (κ2) is 7.48. The number of aryl methyl sites for hydroxylation is 1. The van der Waals surface area contributed by atoms with Gasteiger partial charge in [-0.15, -0.1) is 0 Å². The molecule has 2 aromatic rings. The number of hydrogen-bond acceptors (Lipinski definition) is 5. The number of nitrogens with two attached hydrogens (primary N) is 1. The van der Waals surface area contributed by atoms with Gasteiger partial charge in [-0.25, -0.2) is 4.79 Å². The number of carbonyl (C=O) groups excluding carboxylic acids is 1. The van der Waals surface area contributed by atoms with Gasteiger partial charge in [0, 0.05) is 12.6 Å². The number of anilines is 1. The van der Waals surface area contributed by atoms with Crippen molar-refractivity contribution in [1.29, 1.82) is 0 Å². The summed E-state index contributed by atoms with van der Waals surface area (Å²) in [6, 6.07) is 8.04. The van der Waals surface area contributed by atoms with Gasteiger partial charge in [-0.3, -0.25) is 24.0 Å². The average molecular weight is 344 g/mol. The summed E-state index contributed by atoms with van der Waals surface area (Å²) in [5.41, 5.74) is 6.60. The lowest BCUT2D eigenvalue weighted by atomic mass is 10.0. The number of nitrogens with zero attached hydrogens (tertiary/aromatic N) is 2. The first kappa shape index (κ1) is 18.7. The lowest BCUT2D eigenvalue weighted by Gasteiger charge is -2.24. The molecule has 25 heavy (non-hydrogen) atoms. The van der Waals surface area contributed by atoms with E-state index in [1.54, 1.807) is 6.92 Å². The van der Waals surface area contributed by atoms with Crippen LogP contribution >= 0.6 is 0 Å². The smallest absolute Gasteiger partial charge is 0.329 e.